The van der Waals surface area contributed by atoms with Crippen molar-refractivity contribution in [1.29, 1.82) is 0 Å². The van der Waals surface area contributed by atoms with Crippen molar-refractivity contribution in [3.05, 3.63) is 69.1 Å². The van der Waals surface area contributed by atoms with Gasteiger partial charge in [-0.15, -0.1) is 0 Å². The molecule has 2 aromatic carbocycles. The van der Waals surface area contributed by atoms with Gasteiger partial charge in [-0.3, -0.25) is 14.5 Å². The minimum absolute atomic E-state index is 0.195. The third-order valence-corrected chi connectivity index (χ3v) is 5.62. The van der Waals surface area contributed by atoms with Crippen molar-refractivity contribution in [2.75, 3.05) is 0 Å². The third kappa shape index (κ3) is 3.44. The van der Waals surface area contributed by atoms with Gasteiger partial charge in [-0.1, -0.05) is 47.1 Å². The molecule has 0 atom stereocenters. The molecule has 0 saturated heterocycles. The molecule has 0 bridgehead atoms. The van der Waals surface area contributed by atoms with Crippen molar-refractivity contribution in [2.24, 2.45) is 0 Å². The first-order valence-electron chi connectivity index (χ1n) is 8.42. The summed E-state index contributed by atoms with van der Waals surface area (Å²) in [4.78, 5) is 28.7. The molecular formula is C21H20ClNO2S. The third-order valence-electron chi connectivity index (χ3n) is 4.27. The number of hydrogen-bond acceptors (Lipinski definition) is 3. The monoisotopic (exact) mass is 385 g/mol. The lowest BCUT2D eigenvalue weighted by Gasteiger charge is -2.19. The van der Waals surface area contributed by atoms with Crippen LogP contribution >= 0.6 is 23.4 Å². The molecule has 0 radical (unpaired) electrons. The Morgan fingerprint density at radius 2 is 1.62 bits per heavy atom. The minimum Gasteiger partial charge on any atom is -0.271 e. The molecule has 0 N–H and O–H groups in total. The topological polar surface area (TPSA) is 37.4 Å². The molecule has 0 saturated carbocycles. The van der Waals surface area contributed by atoms with E-state index in [0.717, 1.165) is 21.6 Å². The summed E-state index contributed by atoms with van der Waals surface area (Å²) in [5.41, 5.74) is 3.41. The Bertz CT molecular complexity index is 916. The maximum atomic E-state index is 13.1. The molecule has 134 valence electrons. The molecule has 2 amide bonds. The predicted octanol–water partition coefficient (Wildman–Crippen LogP) is 5.24. The molecule has 0 aromatic heterocycles. The highest BCUT2D eigenvalue weighted by atomic mass is 35.5. The summed E-state index contributed by atoms with van der Waals surface area (Å²) in [7, 11) is 0. The smallest absolute Gasteiger partial charge is 0.268 e. The summed E-state index contributed by atoms with van der Waals surface area (Å²) < 4.78 is 0. The number of nitrogens with zero attached hydrogens (tertiary/aromatic N) is 1. The van der Waals surface area contributed by atoms with Gasteiger partial charge in [0.2, 0.25) is 0 Å². The average Bonchev–Trinajstić information content (AvgIpc) is 2.80. The van der Waals surface area contributed by atoms with Crippen molar-refractivity contribution >= 4 is 40.8 Å². The molecule has 5 heteroatoms. The number of aryl methyl sites for hydroxylation is 2. The fourth-order valence-corrected chi connectivity index (χ4v) is 4.16. The molecule has 26 heavy (non-hydrogen) atoms. The first-order chi connectivity index (χ1) is 12.3. The summed E-state index contributed by atoms with van der Waals surface area (Å²) in [5, 5.41) is 0.635. The fourth-order valence-electron chi connectivity index (χ4n) is 3.04. The Morgan fingerprint density at radius 3 is 2.19 bits per heavy atom. The van der Waals surface area contributed by atoms with Crippen LogP contribution in [0.5, 0.6) is 0 Å². The van der Waals surface area contributed by atoms with E-state index in [2.05, 4.69) is 0 Å². The van der Waals surface area contributed by atoms with E-state index in [1.54, 1.807) is 12.1 Å². The van der Waals surface area contributed by atoms with Gasteiger partial charge in [-0.25, -0.2) is 0 Å². The van der Waals surface area contributed by atoms with Crippen molar-refractivity contribution < 1.29 is 9.59 Å². The molecule has 1 aliphatic rings. The Balaban J connectivity index is 2.14. The summed E-state index contributed by atoms with van der Waals surface area (Å²) in [5.74, 6) is -0.464. The van der Waals surface area contributed by atoms with Crippen LogP contribution in [0.3, 0.4) is 0 Å². The zero-order valence-corrected chi connectivity index (χ0v) is 16.7. The number of carbonyl (C=O) groups excluding carboxylic acids is 2. The van der Waals surface area contributed by atoms with E-state index >= 15 is 0 Å². The van der Waals surface area contributed by atoms with Crippen LogP contribution in [0.25, 0.3) is 5.57 Å². The zero-order valence-electron chi connectivity index (χ0n) is 15.2. The van der Waals surface area contributed by atoms with E-state index < -0.39 is 0 Å². The van der Waals surface area contributed by atoms with E-state index in [4.69, 9.17) is 11.6 Å². The Kier molecular flexibility index (Phi) is 5.26. The number of hydrogen-bond donors (Lipinski definition) is 0. The van der Waals surface area contributed by atoms with Crippen LogP contribution in [-0.2, 0) is 9.59 Å². The molecule has 0 spiro atoms. The summed E-state index contributed by atoms with van der Waals surface area (Å²) in [6, 6.07) is 13.0. The van der Waals surface area contributed by atoms with Crippen LogP contribution in [-0.4, -0.2) is 22.8 Å². The lowest BCUT2D eigenvalue weighted by molar-refractivity contribution is -0.138. The second-order valence-electron chi connectivity index (χ2n) is 6.65. The molecule has 3 nitrogen and oxygen atoms in total. The van der Waals surface area contributed by atoms with Gasteiger partial charge < -0.3 is 0 Å². The van der Waals surface area contributed by atoms with E-state index in [1.165, 1.54) is 16.7 Å². The van der Waals surface area contributed by atoms with Gasteiger partial charge in [0.15, 0.2) is 0 Å². The van der Waals surface area contributed by atoms with Gasteiger partial charge in [0.1, 0.15) is 0 Å². The first-order valence-corrected chi connectivity index (χ1v) is 9.62. The van der Waals surface area contributed by atoms with Crippen molar-refractivity contribution in [3.8, 4) is 0 Å². The normalized spacial score (nSPS) is 14.8. The summed E-state index contributed by atoms with van der Waals surface area (Å²) >= 11 is 7.27. The van der Waals surface area contributed by atoms with E-state index in [9.17, 15) is 9.59 Å². The molecule has 0 aliphatic carbocycles. The highest BCUT2D eigenvalue weighted by Gasteiger charge is 2.41. The maximum Gasteiger partial charge on any atom is 0.268 e. The van der Waals surface area contributed by atoms with E-state index in [-0.39, 0.29) is 17.9 Å². The quantitative estimate of drug-likeness (QED) is 0.675. The molecule has 0 unspecified atom stereocenters. The van der Waals surface area contributed by atoms with Gasteiger partial charge in [0, 0.05) is 16.0 Å². The highest BCUT2D eigenvalue weighted by Crippen LogP contribution is 2.41. The number of thioether (sulfide) groups is 1. The largest absolute Gasteiger partial charge is 0.271 e. The van der Waals surface area contributed by atoms with Crippen LogP contribution in [0.2, 0.25) is 5.02 Å². The lowest BCUT2D eigenvalue weighted by Crippen LogP contribution is -2.37. The van der Waals surface area contributed by atoms with Crippen molar-refractivity contribution in [1.82, 2.24) is 4.90 Å². The highest BCUT2D eigenvalue weighted by molar-refractivity contribution is 8.04. The molecule has 0 fully saturated rings. The van der Waals surface area contributed by atoms with Crippen LogP contribution in [0.1, 0.15) is 30.5 Å². The van der Waals surface area contributed by atoms with Crippen molar-refractivity contribution in [3.63, 3.8) is 0 Å². The summed E-state index contributed by atoms with van der Waals surface area (Å²) in [6.07, 6.45) is 0. The van der Waals surface area contributed by atoms with Crippen LogP contribution in [0.4, 0.5) is 0 Å². The SMILES string of the molecule is Cc1ccc(C2=C(Sc3ccc(Cl)cc3)C(=O)N(C(C)C)C2=O)c(C)c1. The number of benzene rings is 2. The predicted molar refractivity (Wildman–Crippen MR) is 107 cm³/mol. The maximum absolute atomic E-state index is 13.1. The standard InChI is InChI=1S/C21H20ClNO2S/c1-12(2)23-20(24)18(17-10-5-13(3)11-14(17)4)19(21(23)25)26-16-8-6-15(22)7-9-16/h5-12H,1-4H3. The Hall–Kier alpha value is -2.04. The minimum atomic E-state index is -0.236. The van der Waals surface area contributed by atoms with Gasteiger partial charge in [-0.2, -0.15) is 0 Å². The van der Waals surface area contributed by atoms with Gasteiger partial charge in [-0.05, 0) is 63.1 Å². The van der Waals surface area contributed by atoms with Crippen LogP contribution in [0, 0.1) is 13.8 Å². The molecule has 3 rings (SSSR count). The molecule has 1 heterocycles. The van der Waals surface area contributed by atoms with Crippen LogP contribution in [0.15, 0.2) is 52.3 Å². The molecule has 1 aliphatic heterocycles. The van der Waals surface area contributed by atoms with Gasteiger partial charge in [0.05, 0.1) is 10.5 Å². The molecule has 2 aromatic rings. The zero-order chi connectivity index (χ0) is 19.0. The molecular weight excluding hydrogens is 366 g/mol. The van der Waals surface area contributed by atoms with E-state index in [1.807, 2.05) is 58.0 Å². The Morgan fingerprint density at radius 1 is 0.962 bits per heavy atom. The second-order valence-corrected chi connectivity index (χ2v) is 8.17. The van der Waals surface area contributed by atoms with Gasteiger partial charge >= 0.3 is 0 Å². The summed E-state index contributed by atoms with van der Waals surface area (Å²) in [6.45, 7) is 7.68. The van der Waals surface area contributed by atoms with E-state index in [0.29, 0.717) is 15.5 Å². The number of amides is 2. The average molecular weight is 386 g/mol. The number of carbonyl (C=O) groups is 2. The van der Waals surface area contributed by atoms with Crippen molar-refractivity contribution in [2.45, 2.75) is 38.6 Å². The lowest BCUT2D eigenvalue weighted by atomic mass is 9.98. The number of imide groups is 1. The van der Waals surface area contributed by atoms with Crippen LogP contribution < -0.4 is 0 Å². The fraction of sp³-hybridized carbons (Fsp3) is 0.238. The second kappa shape index (κ2) is 7.29. The number of halogens is 1. The Labute approximate surface area is 163 Å². The first kappa shape index (κ1) is 18.7. The van der Waals surface area contributed by atoms with Gasteiger partial charge in [0.25, 0.3) is 11.8 Å². The number of rotatable bonds is 4.